The average Bonchev–Trinajstić information content (AvgIpc) is 3.52. The fourth-order valence-corrected chi connectivity index (χ4v) is 5.82. The molecule has 2 aromatic carbocycles. The number of rotatable bonds is 8. The van der Waals surface area contributed by atoms with E-state index in [9.17, 15) is 22.8 Å². The van der Waals surface area contributed by atoms with Crippen molar-refractivity contribution in [1.29, 1.82) is 0 Å². The van der Waals surface area contributed by atoms with E-state index in [1.165, 1.54) is 13.2 Å². The second-order valence-corrected chi connectivity index (χ2v) is 10.8. The number of alkyl halides is 3. The van der Waals surface area contributed by atoms with Crippen molar-refractivity contribution >= 4 is 11.8 Å². The van der Waals surface area contributed by atoms with Gasteiger partial charge in [0.2, 0.25) is 11.8 Å². The lowest BCUT2D eigenvalue weighted by Gasteiger charge is -2.40. The van der Waals surface area contributed by atoms with Gasteiger partial charge in [0.15, 0.2) is 0 Å². The van der Waals surface area contributed by atoms with Crippen LogP contribution < -0.4 is 10.1 Å². The van der Waals surface area contributed by atoms with Crippen molar-refractivity contribution in [1.82, 2.24) is 40.2 Å². The van der Waals surface area contributed by atoms with Gasteiger partial charge in [-0.25, -0.2) is 0 Å². The smallest absolute Gasteiger partial charge is 0.453 e. The number of hydrogen-bond donors (Lipinski definition) is 1. The molecule has 2 amide bonds. The Kier molecular flexibility index (Phi) is 9.25. The summed E-state index contributed by atoms with van der Waals surface area (Å²) in [4.78, 5) is 30.5. The number of carbonyl (C=O) groups is 2. The number of aromatic nitrogens is 4. The number of piperidine rings is 1. The molecule has 2 aliphatic heterocycles. The third-order valence-electron chi connectivity index (χ3n) is 8.15. The quantitative estimate of drug-likeness (QED) is 0.420. The Morgan fingerprint density at radius 3 is 2.42 bits per heavy atom. The predicted molar refractivity (Wildman–Crippen MR) is 150 cm³/mol. The molecule has 14 heteroatoms. The first-order chi connectivity index (χ1) is 20.6. The minimum Gasteiger partial charge on any atom is -0.496 e. The topological polar surface area (TPSA) is 109 Å². The molecule has 1 aromatic heterocycles. The Balaban J connectivity index is 1.28. The number of nitrogens with one attached hydrogen (secondary N) is 1. The number of ether oxygens (including phenoxy) is 1. The molecular formula is C29H35F3N8O3. The van der Waals surface area contributed by atoms with Gasteiger partial charge in [0.25, 0.3) is 5.82 Å². The molecule has 43 heavy (non-hydrogen) atoms. The van der Waals surface area contributed by atoms with E-state index >= 15 is 0 Å². The van der Waals surface area contributed by atoms with E-state index in [-0.39, 0.29) is 29.5 Å². The van der Waals surface area contributed by atoms with Crippen LogP contribution in [-0.2, 0) is 22.3 Å². The number of methoxy groups -OCH3 is 1. The highest BCUT2D eigenvalue weighted by molar-refractivity contribution is 5.79. The molecule has 0 spiro atoms. The normalized spacial score (nSPS) is 19.8. The molecule has 0 saturated carbocycles. The molecule has 2 fully saturated rings. The van der Waals surface area contributed by atoms with Crippen molar-refractivity contribution in [2.45, 2.75) is 38.0 Å². The minimum atomic E-state index is -4.71. The molecule has 0 aliphatic carbocycles. The molecule has 0 bridgehead atoms. The van der Waals surface area contributed by atoms with Crippen molar-refractivity contribution in [2.24, 2.45) is 0 Å². The molecule has 5 rings (SSSR count). The summed E-state index contributed by atoms with van der Waals surface area (Å²) in [6.07, 6.45) is -3.94. The summed E-state index contributed by atoms with van der Waals surface area (Å²) in [7, 11) is 1.51. The Morgan fingerprint density at radius 1 is 1.02 bits per heavy atom. The van der Waals surface area contributed by atoms with Gasteiger partial charge in [0.05, 0.1) is 19.3 Å². The van der Waals surface area contributed by atoms with E-state index in [1.807, 2.05) is 23.1 Å². The lowest BCUT2D eigenvalue weighted by Crippen LogP contribution is -2.54. The van der Waals surface area contributed by atoms with E-state index in [4.69, 9.17) is 4.74 Å². The van der Waals surface area contributed by atoms with Gasteiger partial charge < -0.3 is 19.9 Å². The van der Waals surface area contributed by atoms with E-state index < -0.39 is 12.0 Å². The predicted octanol–water partition coefficient (Wildman–Crippen LogP) is 2.33. The fraction of sp³-hybridized carbons (Fsp3) is 0.483. The second-order valence-electron chi connectivity index (χ2n) is 10.8. The number of halogens is 3. The van der Waals surface area contributed by atoms with Gasteiger partial charge in [0, 0.05) is 70.3 Å². The third-order valence-corrected chi connectivity index (χ3v) is 8.15. The largest absolute Gasteiger partial charge is 0.496 e. The van der Waals surface area contributed by atoms with Crippen LogP contribution >= 0.6 is 0 Å². The number of likely N-dealkylation sites (tertiary alicyclic amines) is 1. The maximum absolute atomic E-state index is 13.4. The van der Waals surface area contributed by atoms with Crippen LogP contribution in [0.3, 0.4) is 0 Å². The van der Waals surface area contributed by atoms with Crippen molar-refractivity contribution in [3.05, 3.63) is 65.5 Å². The minimum absolute atomic E-state index is 0.0261. The summed E-state index contributed by atoms with van der Waals surface area (Å²) in [6.45, 7) is 5.74. The molecule has 230 valence electrons. The molecule has 2 saturated heterocycles. The number of hydrogen-bond acceptors (Lipinski definition) is 8. The van der Waals surface area contributed by atoms with Gasteiger partial charge in [-0.2, -0.15) is 17.9 Å². The van der Waals surface area contributed by atoms with Crippen molar-refractivity contribution in [3.8, 4) is 11.4 Å². The third kappa shape index (κ3) is 7.13. The summed E-state index contributed by atoms with van der Waals surface area (Å²) in [5.41, 5.74) is 1.97. The summed E-state index contributed by atoms with van der Waals surface area (Å²) in [5, 5.41) is 13.5. The lowest BCUT2D eigenvalue weighted by atomic mass is 9.85. The lowest BCUT2D eigenvalue weighted by molar-refractivity contribution is -0.146. The number of carbonyl (C=O) groups excluding carboxylic acids is 2. The van der Waals surface area contributed by atoms with Crippen LogP contribution in [0.1, 0.15) is 36.2 Å². The number of nitrogens with zero attached hydrogens (tertiary/aromatic N) is 7. The standard InChI is InChI=1S/C29H35F3N8O3/c1-20(41)38-12-14-39(15-13-38)27(42)19-37-11-10-25(24(18-37)21-6-4-3-5-7-21)33-17-22-16-23(8-9-26(22)43-2)40-28(29(30,31)32)34-35-36-40/h3-9,16,24-25,33H,10-15,17-19H2,1-2H3/t24-,25-/m1/s1. The maximum Gasteiger partial charge on any atom is 0.453 e. The zero-order chi connectivity index (χ0) is 30.6. The Labute approximate surface area is 247 Å². The van der Waals surface area contributed by atoms with Crippen molar-refractivity contribution in [3.63, 3.8) is 0 Å². The van der Waals surface area contributed by atoms with Gasteiger partial charge in [-0.15, -0.1) is 5.10 Å². The first-order valence-electron chi connectivity index (χ1n) is 14.2. The second kappa shape index (κ2) is 13.1. The molecule has 2 atom stereocenters. The van der Waals surface area contributed by atoms with Crippen LogP contribution in [0.15, 0.2) is 48.5 Å². The number of amides is 2. The molecule has 1 N–H and O–H groups in total. The van der Waals surface area contributed by atoms with Crippen molar-refractivity contribution in [2.75, 3.05) is 52.9 Å². The highest BCUT2D eigenvalue weighted by Gasteiger charge is 2.38. The van der Waals surface area contributed by atoms with Crippen molar-refractivity contribution < 1.29 is 27.5 Å². The Hall–Kier alpha value is -4.04. The van der Waals surface area contributed by atoms with Crippen LogP contribution in [0, 0.1) is 0 Å². The van der Waals surface area contributed by atoms with Gasteiger partial charge >= 0.3 is 6.18 Å². The van der Waals surface area contributed by atoms with Crippen LogP contribution in [-0.4, -0.2) is 106 Å². The summed E-state index contributed by atoms with van der Waals surface area (Å²) < 4.78 is 46.5. The van der Waals surface area contributed by atoms with Crippen LogP contribution in [0.4, 0.5) is 13.2 Å². The molecular weight excluding hydrogens is 565 g/mol. The van der Waals surface area contributed by atoms with Gasteiger partial charge in [-0.3, -0.25) is 14.5 Å². The van der Waals surface area contributed by atoms with E-state index in [0.29, 0.717) is 68.4 Å². The summed E-state index contributed by atoms with van der Waals surface area (Å²) >= 11 is 0. The van der Waals surface area contributed by atoms with E-state index in [0.717, 1.165) is 12.0 Å². The monoisotopic (exact) mass is 600 g/mol. The van der Waals surface area contributed by atoms with Gasteiger partial charge in [0.1, 0.15) is 5.75 Å². The Morgan fingerprint density at radius 2 is 1.74 bits per heavy atom. The molecule has 0 radical (unpaired) electrons. The first kappa shape index (κ1) is 30.4. The zero-order valence-corrected chi connectivity index (χ0v) is 24.1. The van der Waals surface area contributed by atoms with Gasteiger partial charge in [-0.05, 0) is 40.6 Å². The number of tetrazole rings is 1. The first-order valence-corrected chi connectivity index (χ1v) is 14.2. The Bertz CT molecular complexity index is 1410. The molecule has 0 unspecified atom stereocenters. The highest BCUT2D eigenvalue weighted by Crippen LogP contribution is 2.31. The molecule has 3 heterocycles. The summed E-state index contributed by atoms with van der Waals surface area (Å²) in [5.74, 6) is -0.518. The molecule has 3 aromatic rings. The van der Waals surface area contributed by atoms with E-state index in [1.54, 1.807) is 24.0 Å². The van der Waals surface area contributed by atoms with Gasteiger partial charge in [-0.1, -0.05) is 30.3 Å². The highest BCUT2D eigenvalue weighted by atomic mass is 19.4. The molecule has 2 aliphatic rings. The van der Waals surface area contributed by atoms with Crippen LogP contribution in [0.2, 0.25) is 0 Å². The maximum atomic E-state index is 13.4. The average molecular weight is 601 g/mol. The van der Waals surface area contributed by atoms with Crippen LogP contribution in [0.5, 0.6) is 5.75 Å². The zero-order valence-electron chi connectivity index (χ0n) is 24.1. The number of benzene rings is 2. The summed E-state index contributed by atoms with van der Waals surface area (Å²) in [6, 6.07) is 14.8. The number of piperazine rings is 1. The SMILES string of the molecule is COc1ccc(-n2nnnc2C(F)(F)F)cc1CN[C@@H]1CCN(CC(=O)N2CCN(C(C)=O)CC2)C[C@@H]1c1ccccc1. The fourth-order valence-electron chi connectivity index (χ4n) is 5.82. The van der Waals surface area contributed by atoms with E-state index in [2.05, 4.69) is 37.9 Å². The van der Waals surface area contributed by atoms with Crippen LogP contribution in [0.25, 0.3) is 5.69 Å². The molecule has 11 nitrogen and oxygen atoms in total.